The van der Waals surface area contributed by atoms with Crippen LogP contribution in [0.3, 0.4) is 0 Å². The number of hydrogen-bond donors (Lipinski definition) is 0. The van der Waals surface area contributed by atoms with Crippen LogP contribution in [0.5, 0.6) is 11.6 Å². The average Bonchev–Trinajstić information content (AvgIpc) is 3.09. The maximum atomic E-state index is 5.27. The molecule has 0 bridgehead atoms. The van der Waals surface area contributed by atoms with E-state index in [1.54, 1.807) is 20.4 Å². The molecule has 136 valence electrons. The van der Waals surface area contributed by atoms with Gasteiger partial charge in [0, 0.05) is 24.8 Å². The zero-order valence-corrected chi connectivity index (χ0v) is 16.1. The third kappa shape index (κ3) is 4.86. The number of rotatable bonds is 6. The highest BCUT2D eigenvalue weighted by atomic mass is 32.1. The Balaban J connectivity index is 0.00000225. The molecular formula is C19H27N3O2S. The summed E-state index contributed by atoms with van der Waals surface area (Å²) < 4.78 is 10.5. The zero-order valence-electron chi connectivity index (χ0n) is 15.1. The van der Waals surface area contributed by atoms with Crippen LogP contribution in [0, 0.1) is 5.92 Å². The minimum absolute atomic E-state index is 0. The molecule has 0 aromatic carbocycles. The second kappa shape index (κ2) is 9.06. The number of nitrogens with zero attached hydrogens (tertiary/aromatic N) is 3. The monoisotopic (exact) mass is 361 g/mol. The highest BCUT2D eigenvalue weighted by Gasteiger charge is 2.27. The Morgan fingerprint density at radius 1 is 1.24 bits per heavy atom. The minimum atomic E-state index is 0. The smallest absolute Gasteiger partial charge is 0.213 e. The van der Waals surface area contributed by atoms with Gasteiger partial charge in [0.1, 0.15) is 5.75 Å². The molecule has 1 fully saturated rings. The van der Waals surface area contributed by atoms with Crippen molar-refractivity contribution in [3.63, 3.8) is 0 Å². The van der Waals surface area contributed by atoms with Crippen molar-refractivity contribution in [2.24, 2.45) is 5.92 Å². The Morgan fingerprint density at radius 3 is 2.84 bits per heavy atom. The van der Waals surface area contributed by atoms with Crippen LogP contribution in [-0.2, 0) is 6.42 Å². The average molecular weight is 362 g/mol. The summed E-state index contributed by atoms with van der Waals surface area (Å²) in [7, 11) is 3.34. The first kappa shape index (κ1) is 19.5. The predicted molar refractivity (Wildman–Crippen MR) is 104 cm³/mol. The van der Waals surface area contributed by atoms with Gasteiger partial charge in [-0.2, -0.15) is 13.5 Å². The van der Waals surface area contributed by atoms with Crippen molar-refractivity contribution in [1.29, 1.82) is 0 Å². The third-order valence-electron chi connectivity index (χ3n) is 4.78. The third-order valence-corrected chi connectivity index (χ3v) is 4.78. The molecule has 5 nitrogen and oxygen atoms in total. The van der Waals surface area contributed by atoms with Crippen LogP contribution in [0.25, 0.3) is 0 Å². The van der Waals surface area contributed by atoms with Crippen molar-refractivity contribution in [2.75, 3.05) is 27.3 Å². The van der Waals surface area contributed by atoms with Gasteiger partial charge in [0.05, 0.1) is 26.1 Å². The largest absolute Gasteiger partial charge is 0.495 e. The summed E-state index contributed by atoms with van der Waals surface area (Å²) in [5.41, 5.74) is 2.31. The maximum absolute atomic E-state index is 5.27. The molecule has 1 aliphatic heterocycles. The molecule has 0 radical (unpaired) electrons. The highest BCUT2D eigenvalue weighted by molar-refractivity contribution is 7.59. The van der Waals surface area contributed by atoms with Crippen molar-refractivity contribution < 1.29 is 9.47 Å². The molecule has 1 unspecified atom stereocenters. The van der Waals surface area contributed by atoms with E-state index >= 15 is 0 Å². The van der Waals surface area contributed by atoms with Gasteiger partial charge < -0.3 is 9.47 Å². The fourth-order valence-electron chi connectivity index (χ4n) is 3.37. The van der Waals surface area contributed by atoms with Crippen LogP contribution in [0.2, 0.25) is 0 Å². The summed E-state index contributed by atoms with van der Waals surface area (Å²) in [6, 6.07) is 8.36. The van der Waals surface area contributed by atoms with Gasteiger partial charge in [-0.05, 0) is 49.9 Å². The summed E-state index contributed by atoms with van der Waals surface area (Å²) in [4.78, 5) is 11.3. The maximum Gasteiger partial charge on any atom is 0.213 e. The predicted octanol–water partition coefficient (Wildman–Crippen LogP) is 3.23. The normalized spacial score (nSPS) is 18.4. The Kier molecular flexibility index (Phi) is 7.08. The zero-order chi connectivity index (χ0) is 16.9. The van der Waals surface area contributed by atoms with Crippen LogP contribution >= 0.6 is 13.5 Å². The molecule has 2 aromatic heterocycles. The molecule has 25 heavy (non-hydrogen) atoms. The lowest BCUT2D eigenvalue weighted by Crippen LogP contribution is -2.25. The first-order valence-electron chi connectivity index (χ1n) is 8.42. The standard InChI is InChI=1S/C19H25N3O2.H2S/c1-14(18-5-4-6-19(21-18)24-3)22-8-7-15(13-22)9-16-10-17(23-2)12-20-11-16;/h4-6,10-12,14-15H,7-9,13H2,1-3H3;1H2/t14?,15-;/m1./s1. The molecule has 1 aliphatic rings. The molecule has 0 spiro atoms. The lowest BCUT2D eigenvalue weighted by Gasteiger charge is -2.24. The first-order valence-corrected chi connectivity index (χ1v) is 8.42. The van der Waals surface area contributed by atoms with E-state index in [0.717, 1.165) is 31.0 Å². The fraction of sp³-hybridized carbons (Fsp3) is 0.474. The quantitative estimate of drug-likeness (QED) is 0.790. The molecule has 3 heterocycles. The molecule has 0 aliphatic carbocycles. The number of ether oxygens (including phenoxy) is 2. The number of hydrogen-bond acceptors (Lipinski definition) is 5. The molecule has 0 amide bonds. The molecule has 0 saturated carbocycles. The number of methoxy groups -OCH3 is 2. The van der Waals surface area contributed by atoms with Gasteiger partial charge in [0.25, 0.3) is 0 Å². The molecule has 0 N–H and O–H groups in total. The topological polar surface area (TPSA) is 47.5 Å². The second-order valence-electron chi connectivity index (χ2n) is 6.37. The van der Waals surface area contributed by atoms with Gasteiger partial charge >= 0.3 is 0 Å². The molecular weight excluding hydrogens is 334 g/mol. The fourth-order valence-corrected chi connectivity index (χ4v) is 3.37. The Hall–Kier alpha value is -1.79. The number of likely N-dealkylation sites (tertiary alicyclic amines) is 1. The molecule has 6 heteroatoms. The summed E-state index contributed by atoms with van der Waals surface area (Å²) >= 11 is 0. The van der Waals surface area contributed by atoms with E-state index < -0.39 is 0 Å². The molecule has 1 saturated heterocycles. The summed E-state index contributed by atoms with van der Waals surface area (Å²) in [5.74, 6) is 2.15. The molecule has 2 aromatic rings. The number of aromatic nitrogens is 2. The van der Waals surface area contributed by atoms with Gasteiger partial charge in [0.2, 0.25) is 5.88 Å². The lowest BCUT2D eigenvalue weighted by molar-refractivity contribution is 0.246. The van der Waals surface area contributed by atoms with Gasteiger partial charge in [-0.25, -0.2) is 4.98 Å². The van der Waals surface area contributed by atoms with Gasteiger partial charge in [0.15, 0.2) is 0 Å². The van der Waals surface area contributed by atoms with Crippen LogP contribution in [0.4, 0.5) is 0 Å². The summed E-state index contributed by atoms with van der Waals surface area (Å²) in [6.07, 6.45) is 5.93. The van der Waals surface area contributed by atoms with E-state index in [0.29, 0.717) is 17.8 Å². The number of pyridine rings is 2. The van der Waals surface area contributed by atoms with E-state index in [4.69, 9.17) is 9.47 Å². The Bertz CT molecular complexity index is 683. The van der Waals surface area contributed by atoms with Crippen molar-refractivity contribution >= 4 is 13.5 Å². The highest BCUT2D eigenvalue weighted by Crippen LogP contribution is 2.29. The van der Waals surface area contributed by atoms with Crippen molar-refractivity contribution in [3.8, 4) is 11.6 Å². The van der Waals surface area contributed by atoms with E-state index in [9.17, 15) is 0 Å². The van der Waals surface area contributed by atoms with Gasteiger partial charge in [-0.15, -0.1) is 0 Å². The van der Waals surface area contributed by atoms with Crippen molar-refractivity contribution in [3.05, 3.63) is 47.9 Å². The SMILES string of the molecule is COc1cncc(C[C@H]2CCN(C(C)c3cccc(OC)n3)C2)c1.S. The summed E-state index contributed by atoms with van der Waals surface area (Å²) in [6.45, 7) is 4.40. The first-order chi connectivity index (χ1) is 11.7. The van der Waals surface area contributed by atoms with E-state index in [2.05, 4.69) is 33.9 Å². The van der Waals surface area contributed by atoms with E-state index in [-0.39, 0.29) is 13.5 Å². The second-order valence-corrected chi connectivity index (χ2v) is 6.37. The summed E-state index contributed by atoms with van der Waals surface area (Å²) in [5, 5.41) is 0. The van der Waals surface area contributed by atoms with Gasteiger partial charge in [-0.3, -0.25) is 9.88 Å². The van der Waals surface area contributed by atoms with Crippen LogP contribution in [-0.4, -0.2) is 42.2 Å². The Labute approximate surface area is 156 Å². The lowest BCUT2D eigenvalue weighted by atomic mass is 10.00. The molecule has 3 rings (SSSR count). The van der Waals surface area contributed by atoms with Crippen molar-refractivity contribution in [2.45, 2.75) is 25.8 Å². The van der Waals surface area contributed by atoms with Crippen molar-refractivity contribution in [1.82, 2.24) is 14.9 Å². The van der Waals surface area contributed by atoms with Gasteiger partial charge in [-0.1, -0.05) is 6.07 Å². The molecule has 2 atom stereocenters. The van der Waals surface area contributed by atoms with E-state index in [1.807, 2.05) is 18.3 Å². The van der Waals surface area contributed by atoms with Crippen LogP contribution in [0.15, 0.2) is 36.7 Å². The Morgan fingerprint density at radius 2 is 2.08 bits per heavy atom. The minimum Gasteiger partial charge on any atom is -0.495 e. The van der Waals surface area contributed by atoms with Crippen LogP contribution < -0.4 is 9.47 Å². The van der Waals surface area contributed by atoms with Crippen LogP contribution in [0.1, 0.15) is 30.6 Å². The van der Waals surface area contributed by atoms with E-state index in [1.165, 1.54) is 12.0 Å².